The van der Waals surface area contributed by atoms with Gasteiger partial charge in [0.05, 0.1) is 0 Å². The van der Waals surface area contributed by atoms with E-state index in [9.17, 15) is 0 Å². The molecule has 0 aromatic heterocycles. The van der Waals surface area contributed by atoms with Gasteiger partial charge in [-0.3, -0.25) is 0 Å². The molecule has 0 heterocycles. The molecule has 1 fully saturated rings. The second kappa shape index (κ2) is 6.75. The van der Waals surface area contributed by atoms with Crippen molar-refractivity contribution in [1.82, 2.24) is 5.32 Å². The maximum absolute atomic E-state index is 5.18. The first-order valence-electron chi connectivity index (χ1n) is 7.17. The van der Waals surface area contributed by atoms with E-state index in [-0.39, 0.29) is 0 Å². The van der Waals surface area contributed by atoms with E-state index >= 15 is 0 Å². The maximum Gasteiger partial charge on any atom is 0.0462 e. The highest BCUT2D eigenvalue weighted by atomic mass is 16.5. The number of hydrogen-bond donors (Lipinski definition) is 1. The molecular formula is C15H31NO. The van der Waals surface area contributed by atoms with Crippen LogP contribution in [-0.2, 0) is 4.74 Å². The summed E-state index contributed by atoms with van der Waals surface area (Å²) in [6.45, 7) is 8.16. The van der Waals surface area contributed by atoms with Crippen molar-refractivity contribution in [2.24, 2.45) is 17.3 Å². The molecule has 3 unspecified atom stereocenters. The summed E-state index contributed by atoms with van der Waals surface area (Å²) in [6, 6.07) is 0.705. The number of hydrogen-bond acceptors (Lipinski definition) is 2. The molecule has 2 nitrogen and oxygen atoms in total. The Kier molecular flexibility index (Phi) is 5.94. The Labute approximate surface area is 108 Å². The third-order valence-electron chi connectivity index (χ3n) is 4.66. The van der Waals surface area contributed by atoms with E-state index in [0.717, 1.165) is 18.4 Å². The van der Waals surface area contributed by atoms with E-state index in [4.69, 9.17) is 4.74 Å². The molecular weight excluding hydrogens is 210 g/mol. The van der Waals surface area contributed by atoms with E-state index in [1.807, 2.05) is 0 Å². The first kappa shape index (κ1) is 15.0. The lowest BCUT2D eigenvalue weighted by Crippen LogP contribution is -2.45. The minimum atomic E-state index is 0.437. The molecule has 1 aliphatic rings. The third kappa shape index (κ3) is 4.26. The summed E-state index contributed by atoms with van der Waals surface area (Å²) in [5.41, 5.74) is 0.437. The van der Waals surface area contributed by atoms with Gasteiger partial charge in [0.15, 0.2) is 0 Å². The second-order valence-electron chi connectivity index (χ2n) is 6.50. The largest absolute Gasteiger partial charge is 0.385 e. The van der Waals surface area contributed by atoms with Gasteiger partial charge in [-0.15, -0.1) is 0 Å². The number of rotatable bonds is 6. The molecule has 0 aliphatic heterocycles. The van der Waals surface area contributed by atoms with Crippen molar-refractivity contribution in [2.75, 3.05) is 20.8 Å². The van der Waals surface area contributed by atoms with Crippen molar-refractivity contribution in [3.63, 3.8) is 0 Å². The van der Waals surface area contributed by atoms with Gasteiger partial charge < -0.3 is 10.1 Å². The zero-order valence-corrected chi connectivity index (χ0v) is 12.4. The van der Waals surface area contributed by atoms with Crippen molar-refractivity contribution in [2.45, 2.75) is 58.9 Å². The number of nitrogens with one attached hydrogen (secondary N) is 1. The van der Waals surface area contributed by atoms with E-state index in [0.29, 0.717) is 11.5 Å². The summed E-state index contributed by atoms with van der Waals surface area (Å²) in [5.74, 6) is 1.71. The fourth-order valence-corrected chi connectivity index (χ4v) is 3.49. The predicted octanol–water partition coefficient (Wildman–Crippen LogP) is 3.46. The summed E-state index contributed by atoms with van der Waals surface area (Å²) in [6.07, 6.45) is 6.59. The zero-order chi connectivity index (χ0) is 12.9. The van der Waals surface area contributed by atoms with Crippen molar-refractivity contribution >= 4 is 0 Å². The lowest BCUT2D eigenvalue weighted by Gasteiger charge is -2.44. The highest BCUT2D eigenvalue weighted by Crippen LogP contribution is 2.42. The molecule has 17 heavy (non-hydrogen) atoms. The standard InChI is InChI=1S/C15H31NO/c1-12-7-8-13(14(11-12)16-4)15(2,3)9-6-10-17-5/h12-14,16H,6-11H2,1-5H3. The Bertz CT molecular complexity index is 215. The van der Waals surface area contributed by atoms with Gasteiger partial charge in [-0.25, -0.2) is 0 Å². The topological polar surface area (TPSA) is 21.3 Å². The second-order valence-corrected chi connectivity index (χ2v) is 6.50. The van der Waals surface area contributed by atoms with Crippen LogP contribution in [0.4, 0.5) is 0 Å². The van der Waals surface area contributed by atoms with Crippen molar-refractivity contribution in [1.29, 1.82) is 0 Å². The molecule has 0 radical (unpaired) electrons. The van der Waals surface area contributed by atoms with Crippen LogP contribution in [0.5, 0.6) is 0 Å². The Morgan fingerprint density at radius 3 is 2.59 bits per heavy atom. The van der Waals surface area contributed by atoms with Crippen LogP contribution in [0, 0.1) is 17.3 Å². The quantitative estimate of drug-likeness (QED) is 0.719. The third-order valence-corrected chi connectivity index (χ3v) is 4.66. The molecule has 0 amide bonds. The van der Waals surface area contributed by atoms with Gasteiger partial charge in [0.2, 0.25) is 0 Å². The Hall–Kier alpha value is -0.0800. The molecule has 1 aliphatic carbocycles. The van der Waals surface area contributed by atoms with E-state index in [2.05, 4.69) is 33.1 Å². The van der Waals surface area contributed by atoms with Gasteiger partial charge in [0.1, 0.15) is 0 Å². The van der Waals surface area contributed by atoms with Crippen LogP contribution in [0.25, 0.3) is 0 Å². The van der Waals surface area contributed by atoms with Crippen molar-refractivity contribution in [3.8, 4) is 0 Å². The first-order valence-corrected chi connectivity index (χ1v) is 7.17. The molecule has 102 valence electrons. The lowest BCUT2D eigenvalue weighted by molar-refractivity contribution is 0.0788. The first-order chi connectivity index (χ1) is 8.01. The molecule has 1 rings (SSSR count). The minimum absolute atomic E-state index is 0.437. The summed E-state index contributed by atoms with van der Waals surface area (Å²) in [7, 11) is 3.92. The molecule has 3 atom stereocenters. The van der Waals surface area contributed by atoms with E-state index in [1.165, 1.54) is 32.1 Å². The van der Waals surface area contributed by atoms with Crippen molar-refractivity contribution < 1.29 is 4.74 Å². The predicted molar refractivity (Wildman–Crippen MR) is 74.2 cm³/mol. The van der Waals surface area contributed by atoms with Gasteiger partial charge in [-0.2, -0.15) is 0 Å². The molecule has 1 saturated carbocycles. The van der Waals surface area contributed by atoms with Crippen LogP contribution in [0.15, 0.2) is 0 Å². The van der Waals surface area contributed by atoms with Crippen LogP contribution in [-0.4, -0.2) is 26.8 Å². The maximum atomic E-state index is 5.18. The Morgan fingerprint density at radius 1 is 1.29 bits per heavy atom. The molecule has 0 spiro atoms. The molecule has 0 bridgehead atoms. The fraction of sp³-hybridized carbons (Fsp3) is 1.00. The highest BCUT2D eigenvalue weighted by Gasteiger charge is 2.37. The van der Waals surface area contributed by atoms with Gasteiger partial charge in [0.25, 0.3) is 0 Å². The van der Waals surface area contributed by atoms with Crippen LogP contribution in [0.2, 0.25) is 0 Å². The molecule has 0 aromatic rings. The van der Waals surface area contributed by atoms with Gasteiger partial charge in [-0.05, 0) is 50.0 Å². The van der Waals surface area contributed by atoms with Crippen LogP contribution >= 0.6 is 0 Å². The number of ether oxygens (including phenoxy) is 1. The van der Waals surface area contributed by atoms with Crippen LogP contribution in [0.3, 0.4) is 0 Å². The monoisotopic (exact) mass is 241 g/mol. The molecule has 0 aromatic carbocycles. The molecule has 2 heteroatoms. The smallest absolute Gasteiger partial charge is 0.0462 e. The van der Waals surface area contributed by atoms with E-state index < -0.39 is 0 Å². The zero-order valence-electron chi connectivity index (χ0n) is 12.4. The molecule has 0 saturated heterocycles. The Balaban J connectivity index is 2.55. The minimum Gasteiger partial charge on any atom is -0.385 e. The summed E-state index contributed by atoms with van der Waals surface area (Å²) < 4.78 is 5.18. The van der Waals surface area contributed by atoms with E-state index in [1.54, 1.807) is 7.11 Å². The van der Waals surface area contributed by atoms with Gasteiger partial charge in [0, 0.05) is 19.8 Å². The lowest BCUT2D eigenvalue weighted by atomic mass is 9.65. The summed E-state index contributed by atoms with van der Waals surface area (Å²) in [5, 5.41) is 3.55. The fourth-order valence-electron chi connectivity index (χ4n) is 3.49. The summed E-state index contributed by atoms with van der Waals surface area (Å²) >= 11 is 0. The van der Waals surface area contributed by atoms with Gasteiger partial charge in [-0.1, -0.05) is 27.2 Å². The normalized spacial score (nSPS) is 30.5. The van der Waals surface area contributed by atoms with Gasteiger partial charge >= 0.3 is 0 Å². The van der Waals surface area contributed by atoms with Crippen molar-refractivity contribution in [3.05, 3.63) is 0 Å². The average molecular weight is 241 g/mol. The molecule has 1 N–H and O–H groups in total. The number of methoxy groups -OCH3 is 1. The average Bonchev–Trinajstić information content (AvgIpc) is 2.28. The summed E-state index contributed by atoms with van der Waals surface area (Å²) in [4.78, 5) is 0. The Morgan fingerprint density at radius 2 is 2.00 bits per heavy atom. The van der Waals surface area contributed by atoms with Crippen LogP contribution in [0.1, 0.15) is 52.9 Å². The van der Waals surface area contributed by atoms with Crippen LogP contribution < -0.4 is 5.32 Å². The highest BCUT2D eigenvalue weighted by molar-refractivity contribution is 4.91. The SMILES string of the molecule is CNC1CC(C)CCC1C(C)(C)CCCOC.